The Morgan fingerprint density at radius 1 is 1.28 bits per heavy atom. The van der Waals surface area contributed by atoms with Gasteiger partial charge < -0.3 is 5.32 Å². The van der Waals surface area contributed by atoms with Crippen molar-refractivity contribution in [3.05, 3.63) is 68.0 Å². The number of H-pyrrole nitrogens is 1. The fourth-order valence-corrected chi connectivity index (χ4v) is 3.06. The van der Waals surface area contributed by atoms with Crippen molar-refractivity contribution in [3.8, 4) is 6.07 Å². The molecule has 8 heteroatoms. The molecule has 2 N–H and O–H groups in total. The monoisotopic (exact) mass is 391 g/mol. The van der Waals surface area contributed by atoms with Gasteiger partial charge in [0.05, 0.1) is 23.4 Å². The number of nitrogens with zero attached hydrogens (tertiary/aromatic N) is 3. The number of benzene rings is 1. The summed E-state index contributed by atoms with van der Waals surface area (Å²) in [5.41, 5.74) is 1.13. The second-order valence-corrected chi connectivity index (χ2v) is 6.94. The molecule has 3 rings (SSSR count). The van der Waals surface area contributed by atoms with E-state index in [-0.39, 0.29) is 28.9 Å². The predicted molar refractivity (Wildman–Crippen MR) is 110 cm³/mol. The molecule has 0 saturated heterocycles. The number of nitrogens with one attached hydrogen (secondary N) is 2. The summed E-state index contributed by atoms with van der Waals surface area (Å²) in [7, 11) is 0. The minimum absolute atomic E-state index is 0.00379. The van der Waals surface area contributed by atoms with Gasteiger partial charge in [0.1, 0.15) is 0 Å². The SMILES string of the molecule is CCn1c(=O)[nH]c(=O)c2c(C(=O)Nc3ccc(CC#N)cc3)cc(C(C)C)nc21. The lowest BCUT2D eigenvalue weighted by atomic mass is 10.0. The van der Waals surface area contributed by atoms with Crippen LogP contribution in [0.15, 0.2) is 39.9 Å². The number of aryl methyl sites for hydroxylation is 1. The summed E-state index contributed by atoms with van der Waals surface area (Å²) in [5.74, 6) is -0.477. The quantitative estimate of drug-likeness (QED) is 0.692. The summed E-state index contributed by atoms with van der Waals surface area (Å²) >= 11 is 0. The normalized spacial score (nSPS) is 10.9. The van der Waals surface area contributed by atoms with E-state index >= 15 is 0 Å². The summed E-state index contributed by atoms with van der Waals surface area (Å²) in [6.07, 6.45) is 0.283. The molecule has 0 atom stereocenters. The highest BCUT2D eigenvalue weighted by Crippen LogP contribution is 2.21. The van der Waals surface area contributed by atoms with Crippen LogP contribution in [0.25, 0.3) is 11.0 Å². The highest BCUT2D eigenvalue weighted by Gasteiger charge is 2.20. The number of pyridine rings is 1. The zero-order valence-electron chi connectivity index (χ0n) is 16.4. The van der Waals surface area contributed by atoms with Gasteiger partial charge in [-0.3, -0.25) is 19.1 Å². The van der Waals surface area contributed by atoms with E-state index in [1.807, 2.05) is 13.8 Å². The number of fused-ring (bicyclic) bond motifs is 1. The maximum absolute atomic E-state index is 13.0. The van der Waals surface area contributed by atoms with Crippen LogP contribution in [0.5, 0.6) is 0 Å². The van der Waals surface area contributed by atoms with Crippen LogP contribution in [0, 0.1) is 11.3 Å². The van der Waals surface area contributed by atoms with E-state index in [4.69, 9.17) is 5.26 Å². The highest BCUT2D eigenvalue weighted by molar-refractivity contribution is 6.11. The van der Waals surface area contributed by atoms with Crippen LogP contribution >= 0.6 is 0 Å². The van der Waals surface area contributed by atoms with Crippen LogP contribution in [0.4, 0.5) is 5.69 Å². The molecule has 0 aliphatic carbocycles. The molecule has 29 heavy (non-hydrogen) atoms. The Labute approximate surface area is 166 Å². The predicted octanol–water partition coefficient (Wildman–Crippen LogP) is 2.55. The smallest absolute Gasteiger partial charge is 0.322 e. The highest BCUT2D eigenvalue weighted by atomic mass is 16.2. The molecule has 0 spiro atoms. The summed E-state index contributed by atoms with van der Waals surface area (Å²) in [6, 6.07) is 10.6. The molecule has 2 aromatic heterocycles. The van der Waals surface area contributed by atoms with Gasteiger partial charge in [-0.15, -0.1) is 0 Å². The van der Waals surface area contributed by atoms with Crippen LogP contribution < -0.4 is 16.6 Å². The minimum atomic E-state index is -0.646. The number of anilines is 1. The lowest BCUT2D eigenvalue weighted by Crippen LogP contribution is -2.32. The third-order valence-corrected chi connectivity index (χ3v) is 4.62. The van der Waals surface area contributed by atoms with Gasteiger partial charge in [-0.2, -0.15) is 5.26 Å². The van der Waals surface area contributed by atoms with Crippen LogP contribution in [-0.4, -0.2) is 20.4 Å². The third kappa shape index (κ3) is 3.94. The first kappa shape index (κ1) is 20.0. The Balaban J connectivity index is 2.14. The van der Waals surface area contributed by atoms with Gasteiger partial charge in [-0.25, -0.2) is 9.78 Å². The number of rotatable bonds is 5. The van der Waals surface area contributed by atoms with E-state index in [0.29, 0.717) is 17.9 Å². The van der Waals surface area contributed by atoms with Crippen LogP contribution in [0.1, 0.15) is 48.3 Å². The fourth-order valence-electron chi connectivity index (χ4n) is 3.06. The lowest BCUT2D eigenvalue weighted by Gasteiger charge is -2.14. The van der Waals surface area contributed by atoms with Gasteiger partial charge in [0, 0.05) is 17.9 Å². The number of hydrogen-bond acceptors (Lipinski definition) is 5. The topological polar surface area (TPSA) is 121 Å². The van der Waals surface area contributed by atoms with E-state index in [2.05, 4.69) is 21.4 Å². The largest absolute Gasteiger partial charge is 0.329 e. The summed E-state index contributed by atoms with van der Waals surface area (Å²) in [6.45, 7) is 5.92. The molecule has 2 heterocycles. The number of nitriles is 1. The number of carbonyl (C=O) groups excluding carboxylic acids is 1. The van der Waals surface area contributed by atoms with Gasteiger partial charge in [0.15, 0.2) is 5.65 Å². The summed E-state index contributed by atoms with van der Waals surface area (Å²) < 4.78 is 1.34. The maximum Gasteiger partial charge on any atom is 0.329 e. The van der Waals surface area contributed by atoms with Crippen LogP contribution in [-0.2, 0) is 13.0 Å². The number of amides is 1. The van der Waals surface area contributed by atoms with E-state index < -0.39 is 17.2 Å². The van der Waals surface area contributed by atoms with E-state index in [1.165, 1.54) is 4.57 Å². The molecule has 0 radical (unpaired) electrons. The van der Waals surface area contributed by atoms with Crippen molar-refractivity contribution < 1.29 is 4.79 Å². The lowest BCUT2D eigenvalue weighted by molar-refractivity contribution is 0.102. The van der Waals surface area contributed by atoms with Crippen molar-refractivity contribution in [3.63, 3.8) is 0 Å². The van der Waals surface area contributed by atoms with Crippen LogP contribution in [0.3, 0.4) is 0 Å². The molecule has 8 nitrogen and oxygen atoms in total. The van der Waals surface area contributed by atoms with Gasteiger partial charge in [0.2, 0.25) is 0 Å². The number of carbonyl (C=O) groups is 1. The number of aromatic nitrogens is 3. The van der Waals surface area contributed by atoms with E-state index in [0.717, 1.165) is 5.56 Å². The van der Waals surface area contributed by atoms with Crippen molar-refractivity contribution in [2.45, 2.75) is 39.7 Å². The molecular formula is C21H21N5O3. The first-order valence-corrected chi connectivity index (χ1v) is 9.30. The van der Waals surface area contributed by atoms with Crippen molar-refractivity contribution in [2.75, 3.05) is 5.32 Å². The molecule has 3 aromatic rings. The standard InChI is InChI=1S/C21H21N5O3/c1-4-26-18-17(20(28)25-21(26)29)15(11-16(24-18)12(2)3)19(27)23-14-7-5-13(6-8-14)9-10-22/h5-8,11-12H,4,9H2,1-3H3,(H,23,27)(H,25,28,29). The van der Waals surface area contributed by atoms with Gasteiger partial charge in [-0.05, 0) is 36.6 Å². The molecule has 0 unspecified atom stereocenters. The Kier molecular flexibility index (Phi) is 5.59. The van der Waals surface area contributed by atoms with Crippen molar-refractivity contribution in [1.82, 2.24) is 14.5 Å². The first-order chi connectivity index (χ1) is 13.8. The zero-order chi connectivity index (χ0) is 21.1. The van der Waals surface area contributed by atoms with Gasteiger partial charge >= 0.3 is 5.69 Å². The molecule has 0 saturated carbocycles. The molecule has 0 aliphatic heterocycles. The third-order valence-electron chi connectivity index (χ3n) is 4.62. The Hall–Kier alpha value is -3.73. The van der Waals surface area contributed by atoms with Gasteiger partial charge in [-0.1, -0.05) is 26.0 Å². The van der Waals surface area contributed by atoms with Crippen LogP contribution in [0.2, 0.25) is 0 Å². The van der Waals surface area contributed by atoms with Crippen molar-refractivity contribution in [2.24, 2.45) is 0 Å². The second-order valence-electron chi connectivity index (χ2n) is 6.94. The Bertz CT molecular complexity index is 1230. The Morgan fingerprint density at radius 3 is 2.55 bits per heavy atom. The maximum atomic E-state index is 13.0. The minimum Gasteiger partial charge on any atom is -0.322 e. The molecular weight excluding hydrogens is 370 g/mol. The molecule has 148 valence electrons. The summed E-state index contributed by atoms with van der Waals surface area (Å²) in [4.78, 5) is 44.5. The average molecular weight is 391 g/mol. The molecule has 1 amide bonds. The number of aromatic amines is 1. The van der Waals surface area contributed by atoms with Gasteiger partial charge in [0.25, 0.3) is 11.5 Å². The van der Waals surface area contributed by atoms with E-state index in [1.54, 1.807) is 37.3 Å². The number of hydrogen-bond donors (Lipinski definition) is 2. The summed E-state index contributed by atoms with van der Waals surface area (Å²) in [5, 5.41) is 11.6. The second kappa shape index (κ2) is 8.10. The zero-order valence-corrected chi connectivity index (χ0v) is 16.4. The fraction of sp³-hybridized carbons (Fsp3) is 0.286. The van der Waals surface area contributed by atoms with Crippen molar-refractivity contribution in [1.29, 1.82) is 5.26 Å². The van der Waals surface area contributed by atoms with E-state index in [9.17, 15) is 14.4 Å². The molecule has 0 bridgehead atoms. The molecule has 1 aromatic carbocycles. The Morgan fingerprint density at radius 2 is 1.97 bits per heavy atom. The molecule has 0 fully saturated rings. The average Bonchev–Trinajstić information content (AvgIpc) is 2.69. The van der Waals surface area contributed by atoms with Crippen molar-refractivity contribution >= 4 is 22.6 Å². The first-order valence-electron chi connectivity index (χ1n) is 9.30. The molecule has 0 aliphatic rings.